The molecular weight excluding hydrogens is 418 g/mol. The predicted octanol–water partition coefficient (Wildman–Crippen LogP) is 5.60. The summed E-state index contributed by atoms with van der Waals surface area (Å²) in [5, 5.41) is 4.73. The smallest absolute Gasteiger partial charge is 0.227 e. The number of hydrogen-bond donors (Lipinski definition) is 2. The third-order valence-corrected chi connectivity index (χ3v) is 8.01. The number of rotatable bonds is 5. The van der Waals surface area contributed by atoms with E-state index in [1.54, 1.807) is 18.3 Å². The highest BCUT2D eigenvalue weighted by atomic mass is 35.5. The van der Waals surface area contributed by atoms with Gasteiger partial charge in [-0.05, 0) is 43.2 Å². The van der Waals surface area contributed by atoms with E-state index in [2.05, 4.69) is 21.4 Å². The SMILES string of the molecule is Cn1cc(-c2nc(Nc3ccc(S(=N)(=O)C4CC4)cc3)ncc2Cl)c2ccccc21. The van der Waals surface area contributed by atoms with Crippen LogP contribution in [0, 0.1) is 4.78 Å². The summed E-state index contributed by atoms with van der Waals surface area (Å²) in [6, 6.07) is 15.2. The van der Waals surface area contributed by atoms with Crippen molar-refractivity contribution in [3.63, 3.8) is 0 Å². The Balaban J connectivity index is 1.47. The van der Waals surface area contributed by atoms with Gasteiger partial charge in [-0.25, -0.2) is 19.0 Å². The highest BCUT2D eigenvalue weighted by Crippen LogP contribution is 2.35. The van der Waals surface area contributed by atoms with Crippen LogP contribution in [0.1, 0.15) is 12.8 Å². The average Bonchev–Trinajstić information content (AvgIpc) is 3.56. The number of para-hydroxylation sites is 1. The maximum atomic E-state index is 12.6. The summed E-state index contributed by atoms with van der Waals surface area (Å²) in [5.41, 5.74) is 3.46. The maximum Gasteiger partial charge on any atom is 0.227 e. The van der Waals surface area contributed by atoms with Gasteiger partial charge < -0.3 is 9.88 Å². The molecule has 1 unspecified atom stereocenters. The lowest BCUT2D eigenvalue weighted by Gasteiger charge is -2.10. The highest BCUT2D eigenvalue weighted by Gasteiger charge is 2.33. The molecule has 1 aliphatic rings. The lowest BCUT2D eigenvalue weighted by molar-refractivity contribution is 0.674. The molecule has 4 aromatic rings. The first-order valence-corrected chi connectivity index (χ1v) is 11.6. The van der Waals surface area contributed by atoms with Crippen molar-refractivity contribution in [2.24, 2.45) is 7.05 Å². The van der Waals surface area contributed by atoms with Gasteiger partial charge in [-0.3, -0.25) is 0 Å². The van der Waals surface area contributed by atoms with E-state index in [0.29, 0.717) is 21.6 Å². The normalized spacial score (nSPS) is 15.8. The molecule has 2 aromatic heterocycles. The lowest BCUT2D eigenvalue weighted by Crippen LogP contribution is -2.05. The van der Waals surface area contributed by atoms with Crippen molar-refractivity contribution < 1.29 is 4.21 Å². The van der Waals surface area contributed by atoms with Gasteiger partial charge in [0.25, 0.3) is 0 Å². The lowest BCUT2D eigenvalue weighted by atomic mass is 10.1. The first-order valence-electron chi connectivity index (χ1n) is 9.65. The van der Waals surface area contributed by atoms with Gasteiger partial charge in [-0.1, -0.05) is 29.8 Å². The molecule has 0 amide bonds. The van der Waals surface area contributed by atoms with Crippen molar-refractivity contribution in [1.29, 1.82) is 4.78 Å². The fraction of sp³-hybridized carbons (Fsp3) is 0.182. The molecule has 1 atom stereocenters. The number of aryl methyl sites for hydroxylation is 1. The van der Waals surface area contributed by atoms with Crippen LogP contribution in [0.5, 0.6) is 0 Å². The van der Waals surface area contributed by atoms with Crippen molar-refractivity contribution in [3.05, 3.63) is 65.9 Å². The molecule has 1 fully saturated rings. The van der Waals surface area contributed by atoms with Crippen molar-refractivity contribution in [2.45, 2.75) is 23.0 Å². The Morgan fingerprint density at radius 1 is 1.17 bits per heavy atom. The zero-order valence-corrected chi connectivity index (χ0v) is 17.9. The van der Waals surface area contributed by atoms with Crippen LogP contribution >= 0.6 is 11.6 Å². The Hall–Kier alpha value is -2.90. The molecule has 5 rings (SSSR count). The molecule has 0 aliphatic heterocycles. The van der Waals surface area contributed by atoms with E-state index in [4.69, 9.17) is 16.4 Å². The van der Waals surface area contributed by atoms with Gasteiger partial charge in [0.1, 0.15) is 0 Å². The van der Waals surface area contributed by atoms with Crippen LogP contribution in [0.25, 0.3) is 22.2 Å². The minimum atomic E-state index is -2.70. The van der Waals surface area contributed by atoms with Gasteiger partial charge in [-0.2, -0.15) is 0 Å². The van der Waals surface area contributed by atoms with Crippen LogP contribution in [0.2, 0.25) is 5.02 Å². The van der Waals surface area contributed by atoms with E-state index >= 15 is 0 Å². The first-order chi connectivity index (χ1) is 14.4. The van der Waals surface area contributed by atoms with Crippen molar-refractivity contribution in [2.75, 3.05) is 5.32 Å². The maximum absolute atomic E-state index is 12.6. The number of fused-ring (bicyclic) bond motifs is 1. The summed E-state index contributed by atoms with van der Waals surface area (Å²) in [6.07, 6.45) is 5.35. The van der Waals surface area contributed by atoms with Crippen molar-refractivity contribution >= 4 is 43.9 Å². The molecule has 6 nitrogen and oxygen atoms in total. The molecule has 0 bridgehead atoms. The van der Waals surface area contributed by atoms with E-state index in [1.165, 1.54) is 0 Å². The predicted molar refractivity (Wildman–Crippen MR) is 121 cm³/mol. The number of hydrogen-bond acceptors (Lipinski definition) is 5. The van der Waals surface area contributed by atoms with Crippen LogP contribution < -0.4 is 5.32 Å². The van der Waals surface area contributed by atoms with Gasteiger partial charge in [0.2, 0.25) is 5.95 Å². The summed E-state index contributed by atoms with van der Waals surface area (Å²) in [6.45, 7) is 0. The molecule has 0 radical (unpaired) electrons. The van der Waals surface area contributed by atoms with Gasteiger partial charge in [-0.15, -0.1) is 0 Å². The zero-order valence-electron chi connectivity index (χ0n) is 16.3. The van der Waals surface area contributed by atoms with Gasteiger partial charge >= 0.3 is 0 Å². The molecule has 2 heterocycles. The Kier molecular flexibility index (Phi) is 4.52. The second-order valence-electron chi connectivity index (χ2n) is 7.51. The molecule has 8 heteroatoms. The number of nitrogens with zero attached hydrogens (tertiary/aromatic N) is 3. The third-order valence-electron chi connectivity index (χ3n) is 5.35. The van der Waals surface area contributed by atoms with Crippen LogP contribution in [-0.2, 0) is 16.8 Å². The molecule has 152 valence electrons. The fourth-order valence-electron chi connectivity index (χ4n) is 3.61. The fourth-order valence-corrected chi connectivity index (χ4v) is 5.53. The number of halogens is 1. The monoisotopic (exact) mass is 437 g/mol. The Morgan fingerprint density at radius 3 is 2.63 bits per heavy atom. The molecule has 30 heavy (non-hydrogen) atoms. The zero-order chi connectivity index (χ0) is 20.9. The van der Waals surface area contributed by atoms with E-state index in [9.17, 15) is 4.21 Å². The quantitative estimate of drug-likeness (QED) is 0.425. The Labute approximate surface area is 179 Å². The Morgan fingerprint density at radius 2 is 1.90 bits per heavy atom. The van der Waals surface area contributed by atoms with Gasteiger partial charge in [0.15, 0.2) is 0 Å². The highest BCUT2D eigenvalue weighted by molar-refractivity contribution is 7.93. The molecule has 0 saturated heterocycles. The average molecular weight is 438 g/mol. The minimum absolute atomic E-state index is 0.000777. The first kappa shape index (κ1) is 19.1. The topological polar surface area (TPSA) is 83.7 Å². The van der Waals surface area contributed by atoms with Crippen LogP contribution in [0.15, 0.2) is 65.8 Å². The molecule has 2 aromatic carbocycles. The van der Waals surface area contributed by atoms with Crippen LogP contribution in [-0.4, -0.2) is 24.0 Å². The second-order valence-corrected chi connectivity index (χ2v) is 10.3. The van der Waals surface area contributed by atoms with Crippen LogP contribution in [0.4, 0.5) is 11.6 Å². The van der Waals surface area contributed by atoms with Gasteiger partial charge in [0, 0.05) is 45.5 Å². The molecule has 1 saturated carbocycles. The van der Waals surface area contributed by atoms with Crippen LogP contribution in [0.3, 0.4) is 0 Å². The summed E-state index contributed by atoms with van der Waals surface area (Å²) in [4.78, 5) is 9.52. The number of aromatic nitrogens is 3. The van der Waals surface area contributed by atoms with E-state index in [1.807, 2.05) is 48.1 Å². The summed E-state index contributed by atoms with van der Waals surface area (Å²) in [5.74, 6) is 0.420. The van der Waals surface area contributed by atoms with Gasteiger partial charge in [0.05, 0.1) is 26.6 Å². The second kappa shape index (κ2) is 7.11. The van der Waals surface area contributed by atoms with E-state index < -0.39 is 9.73 Å². The Bertz CT molecular complexity index is 1360. The summed E-state index contributed by atoms with van der Waals surface area (Å²) in [7, 11) is -0.707. The minimum Gasteiger partial charge on any atom is -0.350 e. The summed E-state index contributed by atoms with van der Waals surface area (Å²) < 4.78 is 22.8. The number of benzene rings is 2. The standard InChI is InChI=1S/C22H20ClN5OS/c1-28-13-18(17-4-2-3-5-20(17)28)21-19(23)12-25-22(27-21)26-14-6-8-15(9-7-14)30(24,29)16-10-11-16/h2-9,12-13,16,24H,10-11H2,1H3,(H,25,26,27). The number of anilines is 2. The third kappa shape index (κ3) is 3.34. The molecule has 2 N–H and O–H groups in total. The molecule has 1 aliphatic carbocycles. The van der Waals surface area contributed by atoms with Crippen molar-refractivity contribution in [1.82, 2.24) is 14.5 Å². The molecule has 0 spiro atoms. The molecular formula is C22H20ClN5OS. The summed E-state index contributed by atoms with van der Waals surface area (Å²) >= 11 is 6.44. The largest absolute Gasteiger partial charge is 0.350 e. The van der Waals surface area contributed by atoms with Crippen molar-refractivity contribution in [3.8, 4) is 11.3 Å². The van der Waals surface area contributed by atoms with E-state index in [-0.39, 0.29) is 5.25 Å². The number of nitrogens with one attached hydrogen (secondary N) is 2. The van der Waals surface area contributed by atoms with E-state index in [0.717, 1.165) is 35.0 Å².